The van der Waals surface area contributed by atoms with Crippen molar-refractivity contribution in [3.05, 3.63) is 279 Å². The summed E-state index contributed by atoms with van der Waals surface area (Å²) in [6.07, 6.45) is 0. The topological polar surface area (TPSA) is 13.1 Å². The van der Waals surface area contributed by atoms with Crippen LogP contribution in [0.25, 0.3) is 164 Å². The van der Waals surface area contributed by atoms with Crippen molar-refractivity contribution in [1.82, 2.24) is 0 Å². The number of fused-ring (bicyclic) bond motifs is 10. The van der Waals surface area contributed by atoms with Gasteiger partial charge in [-0.3, -0.25) is 0 Å². The second kappa shape index (κ2) is 17.2. The smallest absolute Gasteiger partial charge is 0.143 e. The molecule has 1 nitrogen and oxygen atoms in total. The van der Waals surface area contributed by atoms with E-state index >= 15 is 0 Å². The highest BCUT2D eigenvalue weighted by Gasteiger charge is 2.22. The van der Waals surface area contributed by atoms with Gasteiger partial charge >= 0.3 is 0 Å². The molecule has 0 aliphatic carbocycles. The Hall–Kier alpha value is -10.1. The number of benzene rings is 15. The van der Waals surface area contributed by atoms with Gasteiger partial charge in [0.1, 0.15) is 11.2 Å². The molecule has 0 saturated carbocycles. The summed E-state index contributed by atoms with van der Waals surface area (Å²) < 4.78 is 6.68. The van der Waals surface area contributed by atoms with Gasteiger partial charge in [0.15, 0.2) is 0 Å². The lowest BCUT2D eigenvalue weighted by atomic mass is 9.84. The summed E-state index contributed by atoms with van der Waals surface area (Å²) in [7, 11) is 0. The molecule has 1 heterocycles. The molecule has 0 saturated heterocycles. The Kier molecular flexibility index (Phi) is 9.71. The van der Waals surface area contributed by atoms with Crippen molar-refractivity contribution in [1.29, 1.82) is 0 Å². The highest BCUT2D eigenvalue weighted by atomic mass is 16.3. The summed E-state index contributed by atoms with van der Waals surface area (Å²) in [5, 5.41) is 19.5. The van der Waals surface area contributed by atoms with Crippen LogP contribution < -0.4 is 0 Å². The molecule has 0 radical (unpaired) electrons. The van der Waals surface area contributed by atoms with Gasteiger partial charge in [-0.25, -0.2) is 0 Å². The first-order chi connectivity index (χ1) is 38.2. The van der Waals surface area contributed by atoms with Gasteiger partial charge in [0.2, 0.25) is 0 Å². The summed E-state index contributed by atoms with van der Waals surface area (Å²) in [5.41, 5.74) is 16.4. The Bertz CT molecular complexity index is 4970. The molecule has 0 N–H and O–H groups in total. The maximum absolute atomic E-state index is 6.68. The minimum absolute atomic E-state index is 0.906. The van der Waals surface area contributed by atoms with Gasteiger partial charge in [-0.2, -0.15) is 0 Å². The fourth-order valence-electron chi connectivity index (χ4n) is 13.0. The molecule has 0 fully saturated rings. The van der Waals surface area contributed by atoms with Gasteiger partial charge < -0.3 is 4.42 Å². The van der Waals surface area contributed by atoms with E-state index in [4.69, 9.17) is 4.42 Å². The van der Waals surface area contributed by atoms with Crippen molar-refractivity contribution in [2.24, 2.45) is 0 Å². The first-order valence-electron chi connectivity index (χ1n) is 26.6. The van der Waals surface area contributed by atoms with E-state index in [1.807, 2.05) is 6.07 Å². The second-order valence-electron chi connectivity index (χ2n) is 20.5. The van der Waals surface area contributed by atoms with Gasteiger partial charge in [0.25, 0.3) is 0 Å². The molecular weight excluding hydrogens is 929 g/mol. The Morgan fingerprint density at radius 3 is 1.05 bits per heavy atom. The standard InChI is InChI=1S/C76H46O/c1-2-21-54-47(17-1)18-13-31-55(54)48-37-39-49(40-38-48)72-61-23-3-5-25-63(61)73(64-26-6-4-24-62(64)72)59-32-14-19-52-45-50(41-43-56(52)59)51-42-44-57-53(46-51)20-15-33-60(57)74-65-27-7-9-29-67(65)75(68-30-10-8-28-66(68)74)70-35-16-34-69-58-22-11-12-36-71(58)77-76(69)70/h1-46H. The molecule has 0 bridgehead atoms. The monoisotopic (exact) mass is 974 g/mol. The van der Waals surface area contributed by atoms with Gasteiger partial charge in [-0.15, -0.1) is 0 Å². The van der Waals surface area contributed by atoms with Gasteiger partial charge in [0, 0.05) is 21.9 Å². The number of para-hydroxylation sites is 2. The lowest BCUT2D eigenvalue weighted by Gasteiger charge is -2.19. The van der Waals surface area contributed by atoms with Crippen LogP contribution >= 0.6 is 0 Å². The maximum atomic E-state index is 6.68. The quantitative estimate of drug-likeness (QED) is 0.151. The third-order valence-electron chi connectivity index (χ3n) is 16.4. The molecule has 0 aliphatic rings. The summed E-state index contributed by atoms with van der Waals surface area (Å²) in [6.45, 7) is 0. The van der Waals surface area contributed by atoms with Crippen molar-refractivity contribution < 1.29 is 4.42 Å². The molecule has 356 valence electrons. The van der Waals surface area contributed by atoms with Crippen LogP contribution in [0.2, 0.25) is 0 Å². The zero-order chi connectivity index (χ0) is 50.6. The molecule has 0 unspecified atom stereocenters. The summed E-state index contributed by atoms with van der Waals surface area (Å²) >= 11 is 0. The van der Waals surface area contributed by atoms with E-state index in [2.05, 4.69) is 273 Å². The van der Waals surface area contributed by atoms with E-state index in [0.717, 1.165) is 27.5 Å². The predicted octanol–water partition coefficient (Wildman–Crippen LogP) is 21.7. The van der Waals surface area contributed by atoms with Crippen LogP contribution in [0.4, 0.5) is 0 Å². The number of rotatable bonds is 6. The first-order valence-corrected chi connectivity index (χ1v) is 26.6. The Morgan fingerprint density at radius 1 is 0.182 bits per heavy atom. The average molecular weight is 975 g/mol. The largest absolute Gasteiger partial charge is 0.455 e. The van der Waals surface area contributed by atoms with Crippen LogP contribution in [-0.4, -0.2) is 0 Å². The lowest BCUT2D eigenvalue weighted by Crippen LogP contribution is -1.92. The van der Waals surface area contributed by atoms with E-state index < -0.39 is 0 Å². The Labute approximate surface area is 445 Å². The Morgan fingerprint density at radius 2 is 0.519 bits per heavy atom. The molecule has 15 aromatic carbocycles. The van der Waals surface area contributed by atoms with Crippen molar-refractivity contribution in [2.75, 3.05) is 0 Å². The zero-order valence-electron chi connectivity index (χ0n) is 42.0. The fourth-order valence-corrected chi connectivity index (χ4v) is 13.0. The normalized spacial score (nSPS) is 11.9. The summed E-state index contributed by atoms with van der Waals surface area (Å²) in [5.74, 6) is 0. The van der Waals surface area contributed by atoms with Crippen LogP contribution in [0, 0.1) is 0 Å². The molecule has 1 heteroatoms. The van der Waals surface area contributed by atoms with Crippen LogP contribution in [0.5, 0.6) is 0 Å². The second-order valence-corrected chi connectivity index (χ2v) is 20.5. The molecule has 16 aromatic rings. The van der Waals surface area contributed by atoms with Crippen LogP contribution in [-0.2, 0) is 0 Å². The molecule has 0 atom stereocenters. The zero-order valence-corrected chi connectivity index (χ0v) is 42.0. The summed E-state index contributed by atoms with van der Waals surface area (Å²) in [6, 6.07) is 103. The maximum Gasteiger partial charge on any atom is 0.143 e. The van der Waals surface area contributed by atoms with Gasteiger partial charge in [0.05, 0.1) is 0 Å². The summed E-state index contributed by atoms with van der Waals surface area (Å²) in [4.78, 5) is 0. The van der Waals surface area contributed by atoms with Crippen LogP contribution in [0.1, 0.15) is 0 Å². The van der Waals surface area contributed by atoms with E-state index in [-0.39, 0.29) is 0 Å². The molecule has 77 heavy (non-hydrogen) atoms. The van der Waals surface area contributed by atoms with Crippen molar-refractivity contribution >= 4 is 97.3 Å². The van der Waals surface area contributed by atoms with Crippen LogP contribution in [0.15, 0.2) is 283 Å². The third-order valence-corrected chi connectivity index (χ3v) is 16.4. The Balaban J connectivity index is 0.803. The van der Waals surface area contributed by atoms with Gasteiger partial charge in [-0.05, 0) is 149 Å². The minimum atomic E-state index is 0.906. The molecule has 16 rings (SSSR count). The number of hydrogen-bond donors (Lipinski definition) is 0. The first kappa shape index (κ1) is 43.3. The number of furan rings is 1. The predicted molar refractivity (Wildman–Crippen MR) is 329 cm³/mol. The van der Waals surface area contributed by atoms with E-state index in [1.165, 1.54) is 137 Å². The lowest BCUT2D eigenvalue weighted by molar-refractivity contribution is 0.670. The fraction of sp³-hybridized carbons (Fsp3) is 0. The minimum Gasteiger partial charge on any atom is -0.455 e. The third kappa shape index (κ3) is 6.74. The van der Waals surface area contributed by atoms with Crippen molar-refractivity contribution in [3.8, 4) is 66.8 Å². The molecular formula is C76H46O. The van der Waals surface area contributed by atoms with Crippen molar-refractivity contribution in [3.63, 3.8) is 0 Å². The molecule has 0 aliphatic heterocycles. The SMILES string of the molecule is c1ccc2c(-c3ccc(-c4c5ccccc5c(-c5cccc6cc(-c7ccc8c(-c9c%10ccccc%10c(-c%10cccc%11c%10oc%10ccccc%10%11)c%10ccccc9%10)cccc8c7)ccc56)c5ccccc45)cc3)cccc2c1. The van der Waals surface area contributed by atoms with E-state index in [9.17, 15) is 0 Å². The number of hydrogen-bond acceptors (Lipinski definition) is 1. The highest BCUT2D eigenvalue weighted by Crippen LogP contribution is 2.49. The molecule has 1 aromatic heterocycles. The van der Waals surface area contributed by atoms with E-state index in [1.54, 1.807) is 0 Å². The highest BCUT2D eigenvalue weighted by molar-refractivity contribution is 6.27. The van der Waals surface area contributed by atoms with Crippen LogP contribution in [0.3, 0.4) is 0 Å². The van der Waals surface area contributed by atoms with Crippen molar-refractivity contribution in [2.45, 2.75) is 0 Å². The average Bonchev–Trinajstić information content (AvgIpc) is 3.92. The molecule has 0 spiro atoms. The van der Waals surface area contributed by atoms with Gasteiger partial charge in [-0.1, -0.05) is 261 Å². The molecule has 0 amide bonds. The van der Waals surface area contributed by atoms with E-state index in [0.29, 0.717) is 0 Å².